The van der Waals surface area contributed by atoms with Gasteiger partial charge in [0.1, 0.15) is 12.7 Å². The number of nitrogens with zero attached hydrogens (tertiary/aromatic N) is 6. The van der Waals surface area contributed by atoms with Gasteiger partial charge in [-0.2, -0.15) is 20.5 Å². The molecule has 0 atom stereocenters. The number of nitrogens with one attached hydrogen (secondary N) is 2. The van der Waals surface area contributed by atoms with Crippen molar-refractivity contribution in [3.05, 3.63) is 42.9 Å². The van der Waals surface area contributed by atoms with E-state index in [0.717, 1.165) is 0 Å². The molecule has 0 fully saturated rings. The second-order valence-corrected chi connectivity index (χ2v) is 3.55. The zero-order chi connectivity index (χ0) is 13.1. The summed E-state index contributed by atoms with van der Waals surface area (Å²) in [7, 11) is 0. The molecule has 3 heterocycles. The average molecular weight is 256 g/mol. The first kappa shape index (κ1) is 11.0. The van der Waals surface area contributed by atoms with Crippen LogP contribution in [0.25, 0.3) is 5.82 Å². The summed E-state index contributed by atoms with van der Waals surface area (Å²) >= 11 is 0. The minimum atomic E-state index is -0.357. The standard InChI is InChI=1S/C10H8N8O/c19-10(8-4-13-17-16-8)15-7-1-2-9(12-3-7)18-6-11-5-14-18/h1-6H,(H,15,19)(H,13,16,17). The van der Waals surface area contributed by atoms with Crippen molar-refractivity contribution in [1.29, 1.82) is 0 Å². The summed E-state index contributed by atoms with van der Waals surface area (Å²) in [6.07, 6.45) is 5.82. The molecule has 3 rings (SSSR count). The first-order chi connectivity index (χ1) is 9.33. The van der Waals surface area contributed by atoms with Crippen molar-refractivity contribution >= 4 is 11.6 Å². The second-order valence-electron chi connectivity index (χ2n) is 3.55. The summed E-state index contributed by atoms with van der Waals surface area (Å²) in [4.78, 5) is 19.7. The number of hydrogen-bond acceptors (Lipinski definition) is 6. The van der Waals surface area contributed by atoms with Crippen LogP contribution >= 0.6 is 0 Å². The maximum atomic E-state index is 11.7. The van der Waals surface area contributed by atoms with E-state index in [0.29, 0.717) is 11.5 Å². The highest BCUT2D eigenvalue weighted by Crippen LogP contribution is 2.09. The number of pyridine rings is 1. The van der Waals surface area contributed by atoms with Crippen LogP contribution in [0.5, 0.6) is 0 Å². The topological polar surface area (TPSA) is 114 Å². The van der Waals surface area contributed by atoms with E-state index in [-0.39, 0.29) is 11.6 Å². The molecule has 0 aromatic carbocycles. The van der Waals surface area contributed by atoms with Gasteiger partial charge in [0.15, 0.2) is 11.5 Å². The fourth-order valence-electron chi connectivity index (χ4n) is 1.43. The molecular formula is C10H8N8O. The number of amides is 1. The lowest BCUT2D eigenvalue weighted by Crippen LogP contribution is -2.12. The van der Waals surface area contributed by atoms with Gasteiger partial charge in [-0.3, -0.25) is 4.79 Å². The smallest absolute Gasteiger partial charge is 0.277 e. The molecule has 0 radical (unpaired) electrons. The van der Waals surface area contributed by atoms with Crippen LogP contribution in [-0.2, 0) is 0 Å². The first-order valence-corrected chi connectivity index (χ1v) is 5.31. The van der Waals surface area contributed by atoms with E-state index in [1.807, 2.05) is 0 Å². The minimum Gasteiger partial charge on any atom is -0.319 e. The first-order valence-electron chi connectivity index (χ1n) is 5.31. The van der Waals surface area contributed by atoms with Crippen molar-refractivity contribution in [3.63, 3.8) is 0 Å². The van der Waals surface area contributed by atoms with Crippen molar-refractivity contribution in [2.45, 2.75) is 0 Å². The Bertz CT molecular complexity index is 658. The molecule has 0 aliphatic rings. The van der Waals surface area contributed by atoms with E-state index in [2.05, 4.69) is 35.8 Å². The Morgan fingerprint density at radius 3 is 2.89 bits per heavy atom. The number of H-pyrrole nitrogens is 1. The number of carbonyl (C=O) groups excluding carboxylic acids is 1. The van der Waals surface area contributed by atoms with Crippen LogP contribution in [0.2, 0.25) is 0 Å². The Balaban J connectivity index is 1.75. The van der Waals surface area contributed by atoms with E-state index in [4.69, 9.17) is 0 Å². The molecule has 0 unspecified atom stereocenters. The molecule has 0 aliphatic heterocycles. The van der Waals surface area contributed by atoms with Crippen molar-refractivity contribution in [2.24, 2.45) is 0 Å². The molecular weight excluding hydrogens is 248 g/mol. The Labute approximate surface area is 106 Å². The van der Waals surface area contributed by atoms with E-state index in [1.54, 1.807) is 12.1 Å². The van der Waals surface area contributed by atoms with Crippen molar-refractivity contribution in [1.82, 2.24) is 35.2 Å². The molecule has 3 aromatic heterocycles. The van der Waals surface area contributed by atoms with E-state index in [1.165, 1.54) is 29.7 Å². The van der Waals surface area contributed by atoms with E-state index >= 15 is 0 Å². The van der Waals surface area contributed by atoms with Crippen molar-refractivity contribution in [2.75, 3.05) is 5.32 Å². The number of carbonyl (C=O) groups is 1. The molecule has 2 N–H and O–H groups in total. The van der Waals surface area contributed by atoms with Gasteiger partial charge >= 0.3 is 0 Å². The van der Waals surface area contributed by atoms with E-state index in [9.17, 15) is 4.79 Å². The Morgan fingerprint density at radius 2 is 2.26 bits per heavy atom. The molecule has 94 valence electrons. The molecule has 9 heteroatoms. The van der Waals surface area contributed by atoms with Crippen LogP contribution < -0.4 is 5.32 Å². The summed E-state index contributed by atoms with van der Waals surface area (Å²) in [6, 6.07) is 3.43. The highest BCUT2D eigenvalue weighted by Gasteiger charge is 2.09. The molecule has 0 saturated carbocycles. The third kappa shape index (κ3) is 2.29. The third-order valence-corrected chi connectivity index (χ3v) is 2.31. The minimum absolute atomic E-state index is 0.209. The van der Waals surface area contributed by atoms with Gasteiger partial charge in [0.2, 0.25) is 0 Å². The SMILES string of the molecule is O=C(Nc1ccc(-n2cncn2)nc1)c1cn[nH]n1. The summed E-state index contributed by atoms with van der Waals surface area (Å²) in [5.74, 6) is 0.251. The monoisotopic (exact) mass is 256 g/mol. The van der Waals surface area contributed by atoms with Crippen LogP contribution in [0.4, 0.5) is 5.69 Å². The third-order valence-electron chi connectivity index (χ3n) is 2.31. The maximum Gasteiger partial charge on any atom is 0.277 e. The fourth-order valence-corrected chi connectivity index (χ4v) is 1.43. The van der Waals surface area contributed by atoms with E-state index < -0.39 is 0 Å². The van der Waals surface area contributed by atoms with Gasteiger partial charge in [-0.1, -0.05) is 0 Å². The second kappa shape index (κ2) is 4.64. The number of aromatic nitrogens is 7. The largest absolute Gasteiger partial charge is 0.319 e. The van der Waals surface area contributed by atoms with Gasteiger partial charge in [0, 0.05) is 0 Å². The molecule has 0 aliphatic carbocycles. The Kier molecular flexibility index (Phi) is 2.69. The van der Waals surface area contributed by atoms with Crippen molar-refractivity contribution in [3.8, 4) is 5.82 Å². The van der Waals surface area contributed by atoms with Gasteiger partial charge < -0.3 is 5.32 Å². The van der Waals surface area contributed by atoms with Gasteiger partial charge in [-0.15, -0.1) is 0 Å². The highest BCUT2D eigenvalue weighted by atomic mass is 16.2. The molecule has 1 amide bonds. The zero-order valence-corrected chi connectivity index (χ0v) is 9.56. The van der Waals surface area contributed by atoms with Gasteiger partial charge in [0.25, 0.3) is 5.91 Å². The van der Waals surface area contributed by atoms with Crippen LogP contribution in [0, 0.1) is 0 Å². The van der Waals surface area contributed by atoms with Crippen LogP contribution in [0.15, 0.2) is 37.2 Å². The van der Waals surface area contributed by atoms with Gasteiger partial charge in [0.05, 0.1) is 18.1 Å². The fraction of sp³-hybridized carbons (Fsp3) is 0. The predicted molar refractivity (Wildman–Crippen MR) is 63.5 cm³/mol. The highest BCUT2D eigenvalue weighted by molar-refractivity contribution is 6.02. The predicted octanol–water partition coefficient (Wildman–Crippen LogP) is 0.0327. The normalized spacial score (nSPS) is 10.3. The van der Waals surface area contributed by atoms with Crippen LogP contribution in [0.3, 0.4) is 0 Å². The molecule has 0 saturated heterocycles. The van der Waals surface area contributed by atoms with Gasteiger partial charge in [-0.05, 0) is 12.1 Å². The summed E-state index contributed by atoms with van der Waals surface area (Å²) in [5.41, 5.74) is 0.761. The summed E-state index contributed by atoms with van der Waals surface area (Å²) in [5, 5.41) is 16.2. The lowest BCUT2D eigenvalue weighted by Gasteiger charge is -2.03. The number of rotatable bonds is 3. The Morgan fingerprint density at radius 1 is 1.32 bits per heavy atom. The van der Waals surface area contributed by atoms with Crippen LogP contribution in [0.1, 0.15) is 10.5 Å². The quantitative estimate of drug-likeness (QED) is 0.683. The summed E-state index contributed by atoms with van der Waals surface area (Å²) < 4.78 is 1.52. The molecule has 19 heavy (non-hydrogen) atoms. The molecule has 0 bridgehead atoms. The van der Waals surface area contributed by atoms with Crippen molar-refractivity contribution < 1.29 is 4.79 Å². The molecule has 9 nitrogen and oxygen atoms in total. The lowest BCUT2D eigenvalue weighted by atomic mass is 10.3. The Hall–Kier alpha value is -3.10. The number of hydrogen-bond donors (Lipinski definition) is 2. The van der Waals surface area contributed by atoms with Gasteiger partial charge in [-0.25, -0.2) is 14.6 Å². The zero-order valence-electron chi connectivity index (χ0n) is 9.56. The number of aromatic amines is 1. The molecule has 0 spiro atoms. The number of anilines is 1. The summed E-state index contributed by atoms with van der Waals surface area (Å²) in [6.45, 7) is 0. The maximum absolute atomic E-state index is 11.7. The molecule has 3 aromatic rings. The lowest BCUT2D eigenvalue weighted by molar-refractivity contribution is 0.102. The average Bonchev–Trinajstić information content (AvgIpc) is 3.13. The van der Waals surface area contributed by atoms with Crippen LogP contribution in [-0.4, -0.2) is 41.1 Å².